The zero-order chi connectivity index (χ0) is 14.7. The van der Waals surface area contributed by atoms with Crippen LogP contribution in [0.3, 0.4) is 0 Å². The van der Waals surface area contributed by atoms with Crippen LogP contribution in [0.25, 0.3) is 0 Å². The first-order valence-electron chi connectivity index (χ1n) is 6.43. The second-order valence-electron chi connectivity index (χ2n) is 4.63. The minimum absolute atomic E-state index is 0.0869. The normalized spacial score (nSPS) is 25.1. The van der Waals surface area contributed by atoms with Gasteiger partial charge in [-0.1, -0.05) is 18.5 Å². The summed E-state index contributed by atoms with van der Waals surface area (Å²) in [6.45, 7) is 2.86. The van der Waals surface area contributed by atoms with Gasteiger partial charge in [0.2, 0.25) is 0 Å². The van der Waals surface area contributed by atoms with Crippen molar-refractivity contribution in [3.05, 3.63) is 33.3 Å². The molecule has 0 spiro atoms. The van der Waals surface area contributed by atoms with Crippen molar-refractivity contribution < 1.29 is 14.4 Å². The van der Waals surface area contributed by atoms with E-state index in [1.807, 2.05) is 6.92 Å². The average molecular weight is 301 g/mol. The fourth-order valence-corrected chi connectivity index (χ4v) is 2.53. The highest BCUT2D eigenvalue weighted by Gasteiger charge is 2.43. The van der Waals surface area contributed by atoms with E-state index in [-0.39, 0.29) is 29.7 Å². The maximum Gasteiger partial charge on any atom is 0.311 e. The Hall–Kier alpha value is -1.37. The number of nitrogens with zero attached hydrogens (tertiary/aromatic N) is 1. The van der Waals surface area contributed by atoms with Gasteiger partial charge in [-0.05, 0) is 12.6 Å². The second-order valence-corrected chi connectivity index (χ2v) is 5.06. The van der Waals surface area contributed by atoms with E-state index in [9.17, 15) is 10.1 Å². The van der Waals surface area contributed by atoms with Crippen molar-refractivity contribution in [3.8, 4) is 5.75 Å². The molecule has 0 amide bonds. The van der Waals surface area contributed by atoms with Gasteiger partial charge in [0.15, 0.2) is 5.75 Å². The molecule has 1 aromatic rings. The van der Waals surface area contributed by atoms with Crippen LogP contribution >= 0.6 is 11.6 Å². The molecule has 1 aliphatic carbocycles. The van der Waals surface area contributed by atoms with E-state index in [0.29, 0.717) is 5.02 Å². The second kappa shape index (κ2) is 6.39. The van der Waals surface area contributed by atoms with E-state index < -0.39 is 4.92 Å². The Morgan fingerprint density at radius 2 is 2.30 bits per heavy atom. The SMILES string of the molecule is CCNC1CC(Oc2cc(Cl)ccc2[N+](=O)[O-])C1OC. The number of halogens is 1. The van der Waals surface area contributed by atoms with Crippen molar-refractivity contribution >= 4 is 17.3 Å². The summed E-state index contributed by atoms with van der Waals surface area (Å²) in [5, 5.41) is 14.7. The number of hydrogen-bond donors (Lipinski definition) is 1. The summed E-state index contributed by atoms with van der Waals surface area (Å²) >= 11 is 5.87. The van der Waals surface area contributed by atoms with E-state index in [0.717, 1.165) is 13.0 Å². The highest BCUT2D eigenvalue weighted by atomic mass is 35.5. The lowest BCUT2D eigenvalue weighted by molar-refractivity contribution is -0.386. The lowest BCUT2D eigenvalue weighted by atomic mass is 9.85. The molecule has 7 heteroatoms. The molecule has 0 bridgehead atoms. The van der Waals surface area contributed by atoms with Crippen LogP contribution in [0.4, 0.5) is 5.69 Å². The summed E-state index contributed by atoms with van der Waals surface area (Å²) in [4.78, 5) is 10.5. The van der Waals surface area contributed by atoms with Gasteiger partial charge in [0.05, 0.1) is 4.92 Å². The topological polar surface area (TPSA) is 73.6 Å². The van der Waals surface area contributed by atoms with Crippen LogP contribution < -0.4 is 10.1 Å². The van der Waals surface area contributed by atoms with Crippen LogP contribution in [0.2, 0.25) is 5.02 Å². The van der Waals surface area contributed by atoms with Gasteiger partial charge in [0.25, 0.3) is 0 Å². The molecule has 2 rings (SSSR count). The van der Waals surface area contributed by atoms with E-state index in [1.165, 1.54) is 18.2 Å². The van der Waals surface area contributed by atoms with Crippen molar-refractivity contribution in [2.75, 3.05) is 13.7 Å². The van der Waals surface area contributed by atoms with Gasteiger partial charge in [0, 0.05) is 36.7 Å². The molecule has 0 heterocycles. The molecule has 6 nitrogen and oxygen atoms in total. The summed E-state index contributed by atoms with van der Waals surface area (Å²) in [5.41, 5.74) is -0.0869. The number of rotatable bonds is 6. The van der Waals surface area contributed by atoms with Gasteiger partial charge in [-0.15, -0.1) is 0 Å². The van der Waals surface area contributed by atoms with Crippen molar-refractivity contribution in [3.63, 3.8) is 0 Å². The third-order valence-corrected chi connectivity index (χ3v) is 3.62. The Morgan fingerprint density at radius 3 is 2.90 bits per heavy atom. The molecule has 1 N–H and O–H groups in total. The predicted octanol–water partition coefficient (Wildman–Crippen LogP) is 2.39. The molecule has 0 aromatic heterocycles. The van der Waals surface area contributed by atoms with Gasteiger partial charge in [-0.2, -0.15) is 0 Å². The Morgan fingerprint density at radius 1 is 1.55 bits per heavy atom. The van der Waals surface area contributed by atoms with Gasteiger partial charge in [-0.25, -0.2) is 0 Å². The monoisotopic (exact) mass is 300 g/mol. The summed E-state index contributed by atoms with van der Waals surface area (Å²) in [5.74, 6) is 0.185. The molecule has 1 aliphatic rings. The number of ether oxygens (including phenoxy) is 2. The number of hydrogen-bond acceptors (Lipinski definition) is 5. The quantitative estimate of drug-likeness (QED) is 0.645. The van der Waals surface area contributed by atoms with E-state index in [1.54, 1.807) is 7.11 Å². The lowest BCUT2D eigenvalue weighted by Crippen LogP contribution is -2.60. The maximum absolute atomic E-state index is 11.0. The molecule has 3 atom stereocenters. The van der Waals surface area contributed by atoms with Crippen molar-refractivity contribution in [1.29, 1.82) is 0 Å². The first-order valence-corrected chi connectivity index (χ1v) is 6.81. The third kappa shape index (κ3) is 3.03. The number of likely N-dealkylation sites (N-methyl/N-ethyl adjacent to an activating group) is 1. The van der Waals surface area contributed by atoms with E-state index in [4.69, 9.17) is 21.1 Å². The highest BCUT2D eigenvalue weighted by molar-refractivity contribution is 6.30. The largest absolute Gasteiger partial charge is 0.481 e. The molecule has 110 valence electrons. The number of nitro benzene ring substituents is 1. The highest BCUT2D eigenvalue weighted by Crippen LogP contribution is 2.35. The van der Waals surface area contributed by atoms with Crippen molar-refractivity contribution in [2.45, 2.75) is 31.6 Å². The average Bonchev–Trinajstić information content (AvgIpc) is 2.37. The number of methoxy groups -OCH3 is 1. The standard InChI is InChI=1S/C13H17ClN2O4/c1-3-15-9-7-12(13(9)19-2)20-11-6-8(14)4-5-10(11)16(17)18/h4-6,9,12-13,15H,3,7H2,1-2H3. The molecule has 1 fully saturated rings. The Balaban J connectivity index is 2.11. The lowest BCUT2D eigenvalue weighted by Gasteiger charge is -2.43. The summed E-state index contributed by atoms with van der Waals surface area (Å²) in [7, 11) is 1.61. The summed E-state index contributed by atoms with van der Waals surface area (Å²) < 4.78 is 11.1. The minimum Gasteiger partial charge on any atom is -0.481 e. The van der Waals surface area contributed by atoms with Crippen LogP contribution in [0.1, 0.15) is 13.3 Å². The van der Waals surface area contributed by atoms with Gasteiger partial charge in [0.1, 0.15) is 12.2 Å². The van der Waals surface area contributed by atoms with Gasteiger partial charge < -0.3 is 14.8 Å². The number of nitrogens with one attached hydrogen (secondary N) is 1. The van der Waals surface area contributed by atoms with Crippen LogP contribution in [-0.2, 0) is 4.74 Å². The first-order chi connectivity index (χ1) is 9.56. The van der Waals surface area contributed by atoms with Gasteiger partial charge in [-0.3, -0.25) is 10.1 Å². The molecule has 1 saturated carbocycles. The molecule has 1 aromatic carbocycles. The van der Waals surface area contributed by atoms with E-state index >= 15 is 0 Å². The van der Waals surface area contributed by atoms with Crippen LogP contribution in [0.15, 0.2) is 18.2 Å². The molecule has 20 heavy (non-hydrogen) atoms. The predicted molar refractivity (Wildman–Crippen MR) is 75.4 cm³/mol. The van der Waals surface area contributed by atoms with Crippen molar-refractivity contribution in [2.24, 2.45) is 0 Å². The maximum atomic E-state index is 11.0. The van der Waals surface area contributed by atoms with Gasteiger partial charge >= 0.3 is 5.69 Å². The summed E-state index contributed by atoms with van der Waals surface area (Å²) in [6, 6.07) is 4.50. The van der Waals surface area contributed by atoms with Crippen molar-refractivity contribution in [1.82, 2.24) is 5.32 Å². The zero-order valence-electron chi connectivity index (χ0n) is 11.3. The number of nitro groups is 1. The molecule has 0 aliphatic heterocycles. The van der Waals surface area contributed by atoms with Crippen LogP contribution in [-0.4, -0.2) is 36.8 Å². The molecular weight excluding hydrogens is 284 g/mol. The molecular formula is C13H17ClN2O4. The molecule has 3 unspecified atom stereocenters. The smallest absolute Gasteiger partial charge is 0.311 e. The molecule has 0 saturated heterocycles. The fourth-order valence-electron chi connectivity index (χ4n) is 2.37. The molecule has 0 radical (unpaired) electrons. The third-order valence-electron chi connectivity index (χ3n) is 3.38. The fraction of sp³-hybridized carbons (Fsp3) is 0.538. The van der Waals surface area contributed by atoms with Crippen LogP contribution in [0.5, 0.6) is 5.75 Å². The Kier molecular flexibility index (Phi) is 4.80. The Bertz CT molecular complexity index is 497. The Labute approximate surface area is 122 Å². The minimum atomic E-state index is -0.478. The summed E-state index contributed by atoms with van der Waals surface area (Å²) in [6.07, 6.45) is 0.422. The van der Waals surface area contributed by atoms with Crippen LogP contribution in [0, 0.1) is 10.1 Å². The zero-order valence-corrected chi connectivity index (χ0v) is 12.1. The van der Waals surface area contributed by atoms with E-state index in [2.05, 4.69) is 5.32 Å². The number of benzene rings is 1. The first kappa shape index (κ1) is 15.0.